The fraction of sp³-hybridized carbons (Fsp3) is 0.148. The molecular formula is C27H24N2O3S. The van der Waals surface area contributed by atoms with E-state index >= 15 is 0 Å². The molecule has 6 heteroatoms. The number of thioether (sulfide) groups is 1. The van der Waals surface area contributed by atoms with E-state index < -0.39 is 0 Å². The highest BCUT2D eigenvalue weighted by molar-refractivity contribution is 8.03. The molecule has 3 aromatic carbocycles. The number of nitrogens with zero attached hydrogens (tertiary/aromatic N) is 1. The minimum Gasteiger partial charge on any atom is -0.326 e. The van der Waals surface area contributed by atoms with Crippen molar-refractivity contribution in [1.29, 1.82) is 0 Å². The van der Waals surface area contributed by atoms with Gasteiger partial charge in [-0.05, 0) is 54.3 Å². The van der Waals surface area contributed by atoms with E-state index in [1.807, 2.05) is 56.3 Å². The third-order valence-electron chi connectivity index (χ3n) is 5.58. The molecule has 3 aromatic rings. The summed E-state index contributed by atoms with van der Waals surface area (Å²) in [7, 11) is 0. The first kappa shape index (κ1) is 22.6. The maximum Gasteiger partial charge on any atom is 0.272 e. The zero-order valence-electron chi connectivity index (χ0n) is 18.7. The summed E-state index contributed by atoms with van der Waals surface area (Å²) in [6, 6.07) is 22.5. The molecular weight excluding hydrogens is 432 g/mol. The monoisotopic (exact) mass is 456 g/mol. The van der Waals surface area contributed by atoms with Gasteiger partial charge in [0.2, 0.25) is 5.91 Å². The van der Waals surface area contributed by atoms with Crippen molar-refractivity contribution >= 4 is 46.4 Å². The normalized spacial score (nSPS) is 13.6. The number of anilines is 2. The molecule has 166 valence electrons. The molecule has 3 amide bonds. The van der Waals surface area contributed by atoms with Crippen LogP contribution in [0.4, 0.5) is 11.4 Å². The predicted octanol–water partition coefficient (Wildman–Crippen LogP) is 5.48. The Morgan fingerprint density at radius 3 is 2.24 bits per heavy atom. The van der Waals surface area contributed by atoms with Crippen LogP contribution in [0.15, 0.2) is 77.7 Å². The average molecular weight is 457 g/mol. The number of hydrogen-bond donors (Lipinski definition) is 1. The Kier molecular flexibility index (Phi) is 6.47. The summed E-state index contributed by atoms with van der Waals surface area (Å²) < 4.78 is 0. The molecule has 0 atom stereocenters. The molecule has 0 aliphatic carbocycles. The van der Waals surface area contributed by atoms with Gasteiger partial charge in [-0.1, -0.05) is 54.6 Å². The number of hydrogen-bond acceptors (Lipinski definition) is 4. The van der Waals surface area contributed by atoms with Gasteiger partial charge < -0.3 is 5.32 Å². The van der Waals surface area contributed by atoms with Crippen LogP contribution in [0.3, 0.4) is 0 Å². The van der Waals surface area contributed by atoms with Gasteiger partial charge in [-0.2, -0.15) is 0 Å². The van der Waals surface area contributed by atoms with Gasteiger partial charge in [0.1, 0.15) is 0 Å². The number of imide groups is 1. The Balaban J connectivity index is 1.75. The van der Waals surface area contributed by atoms with E-state index in [4.69, 9.17) is 0 Å². The maximum atomic E-state index is 13.6. The standard InChI is InChI=1S/C27H24N2O3S/c1-17-8-7-11-23(18(17)2)29-26(31)24(21-12-14-22(15-13-21)28-19(3)30)25(27(29)32)33-16-20-9-5-4-6-10-20/h4-15H,16H2,1-3H3,(H,28,30). The van der Waals surface area contributed by atoms with Gasteiger partial charge in [0.15, 0.2) is 0 Å². The summed E-state index contributed by atoms with van der Waals surface area (Å²) in [5, 5.41) is 2.73. The van der Waals surface area contributed by atoms with Crippen molar-refractivity contribution in [2.75, 3.05) is 10.2 Å². The summed E-state index contributed by atoms with van der Waals surface area (Å²) in [4.78, 5) is 40.3. The molecule has 1 heterocycles. The lowest BCUT2D eigenvalue weighted by Gasteiger charge is -2.19. The highest BCUT2D eigenvalue weighted by Gasteiger charge is 2.40. The molecule has 1 aliphatic heterocycles. The predicted molar refractivity (Wildman–Crippen MR) is 134 cm³/mol. The van der Waals surface area contributed by atoms with Gasteiger partial charge in [-0.3, -0.25) is 14.4 Å². The molecule has 1 aliphatic rings. The minimum absolute atomic E-state index is 0.172. The van der Waals surface area contributed by atoms with Crippen molar-refractivity contribution < 1.29 is 14.4 Å². The zero-order chi connectivity index (χ0) is 23.5. The first-order valence-corrected chi connectivity index (χ1v) is 11.6. The lowest BCUT2D eigenvalue weighted by atomic mass is 10.0. The van der Waals surface area contributed by atoms with Gasteiger partial charge in [0.05, 0.1) is 16.2 Å². The van der Waals surface area contributed by atoms with E-state index in [0.29, 0.717) is 33.2 Å². The van der Waals surface area contributed by atoms with Crippen LogP contribution in [-0.4, -0.2) is 17.7 Å². The van der Waals surface area contributed by atoms with Crippen LogP contribution in [0.5, 0.6) is 0 Å². The third kappa shape index (κ3) is 4.61. The number of carbonyl (C=O) groups excluding carboxylic acids is 3. The molecule has 1 N–H and O–H groups in total. The largest absolute Gasteiger partial charge is 0.326 e. The lowest BCUT2D eigenvalue weighted by molar-refractivity contribution is -0.120. The maximum absolute atomic E-state index is 13.6. The molecule has 0 saturated heterocycles. The Morgan fingerprint density at radius 1 is 0.879 bits per heavy atom. The Bertz CT molecular complexity index is 1260. The van der Waals surface area contributed by atoms with Crippen molar-refractivity contribution in [2.45, 2.75) is 26.5 Å². The highest BCUT2D eigenvalue weighted by atomic mass is 32.2. The van der Waals surface area contributed by atoms with Crippen molar-refractivity contribution in [3.63, 3.8) is 0 Å². The van der Waals surface area contributed by atoms with E-state index in [0.717, 1.165) is 16.7 Å². The van der Waals surface area contributed by atoms with Gasteiger partial charge in [-0.25, -0.2) is 4.90 Å². The van der Waals surface area contributed by atoms with Crippen molar-refractivity contribution in [3.05, 3.63) is 100.0 Å². The molecule has 0 radical (unpaired) electrons. The number of aryl methyl sites for hydroxylation is 1. The van der Waals surface area contributed by atoms with Gasteiger partial charge in [0.25, 0.3) is 11.8 Å². The fourth-order valence-electron chi connectivity index (χ4n) is 3.75. The van der Waals surface area contributed by atoms with Crippen LogP contribution in [0, 0.1) is 13.8 Å². The summed E-state index contributed by atoms with van der Waals surface area (Å²) in [5.74, 6) is -0.245. The average Bonchev–Trinajstić information content (AvgIpc) is 3.04. The van der Waals surface area contributed by atoms with Crippen LogP contribution >= 0.6 is 11.8 Å². The summed E-state index contributed by atoms with van der Waals surface area (Å²) in [5.41, 5.74) is 5.25. The molecule has 0 unspecified atom stereocenters. The number of carbonyl (C=O) groups is 3. The molecule has 0 saturated carbocycles. The van der Waals surface area contributed by atoms with Crippen molar-refractivity contribution in [2.24, 2.45) is 0 Å². The lowest BCUT2D eigenvalue weighted by Crippen LogP contribution is -2.32. The van der Waals surface area contributed by atoms with E-state index in [1.165, 1.54) is 23.6 Å². The summed E-state index contributed by atoms with van der Waals surface area (Å²) >= 11 is 1.37. The summed E-state index contributed by atoms with van der Waals surface area (Å²) in [6.07, 6.45) is 0. The molecule has 5 nitrogen and oxygen atoms in total. The van der Waals surface area contributed by atoms with E-state index in [9.17, 15) is 14.4 Å². The molecule has 0 aromatic heterocycles. The molecule has 0 bridgehead atoms. The van der Waals surface area contributed by atoms with Gasteiger partial charge >= 0.3 is 0 Å². The van der Waals surface area contributed by atoms with Crippen LogP contribution in [0.1, 0.15) is 29.2 Å². The van der Waals surface area contributed by atoms with Crippen molar-refractivity contribution in [3.8, 4) is 0 Å². The van der Waals surface area contributed by atoms with Crippen molar-refractivity contribution in [1.82, 2.24) is 0 Å². The second-order valence-electron chi connectivity index (χ2n) is 7.90. The topological polar surface area (TPSA) is 66.5 Å². The fourth-order valence-corrected chi connectivity index (χ4v) is 4.82. The molecule has 0 spiro atoms. The van der Waals surface area contributed by atoms with Gasteiger partial charge in [-0.15, -0.1) is 11.8 Å². The van der Waals surface area contributed by atoms with E-state index in [-0.39, 0.29) is 17.7 Å². The smallest absolute Gasteiger partial charge is 0.272 e. The van der Waals surface area contributed by atoms with Crippen LogP contribution in [0.25, 0.3) is 5.57 Å². The second-order valence-corrected chi connectivity index (χ2v) is 8.89. The SMILES string of the molecule is CC(=O)Nc1ccc(C2=C(SCc3ccccc3)C(=O)N(c3cccc(C)c3C)C2=O)cc1. The first-order valence-electron chi connectivity index (χ1n) is 10.6. The zero-order valence-corrected chi connectivity index (χ0v) is 19.5. The second kappa shape index (κ2) is 9.46. The van der Waals surface area contributed by atoms with Crippen LogP contribution in [-0.2, 0) is 20.1 Å². The third-order valence-corrected chi connectivity index (χ3v) is 6.72. The number of nitrogens with one attached hydrogen (secondary N) is 1. The van der Waals surface area contributed by atoms with Gasteiger partial charge in [0, 0.05) is 18.4 Å². The number of rotatable bonds is 6. The highest BCUT2D eigenvalue weighted by Crippen LogP contribution is 2.40. The van der Waals surface area contributed by atoms with E-state index in [2.05, 4.69) is 5.32 Å². The number of amides is 3. The van der Waals surface area contributed by atoms with Crippen LogP contribution < -0.4 is 10.2 Å². The summed E-state index contributed by atoms with van der Waals surface area (Å²) in [6.45, 7) is 5.32. The Labute approximate surface area is 197 Å². The molecule has 4 rings (SSSR count). The quantitative estimate of drug-likeness (QED) is 0.499. The van der Waals surface area contributed by atoms with Crippen LogP contribution in [0.2, 0.25) is 0 Å². The first-order chi connectivity index (χ1) is 15.9. The Morgan fingerprint density at radius 2 is 1.58 bits per heavy atom. The molecule has 33 heavy (non-hydrogen) atoms. The molecule has 0 fully saturated rings. The minimum atomic E-state index is -0.337. The Hall–Kier alpha value is -3.64. The number of benzene rings is 3. The van der Waals surface area contributed by atoms with E-state index in [1.54, 1.807) is 30.3 Å².